The Balaban J connectivity index is 1.84. The molecular formula is C21H16FNO2. The first-order valence-corrected chi connectivity index (χ1v) is 8.04. The van der Waals surface area contributed by atoms with Crippen molar-refractivity contribution in [1.29, 1.82) is 0 Å². The van der Waals surface area contributed by atoms with Crippen LogP contribution in [0.25, 0.3) is 0 Å². The van der Waals surface area contributed by atoms with Crippen LogP contribution >= 0.6 is 0 Å². The summed E-state index contributed by atoms with van der Waals surface area (Å²) in [5.74, 6) is -0.958. The highest BCUT2D eigenvalue weighted by Gasteiger charge is 2.50. The largest absolute Gasteiger partial charge is 0.372 e. The Labute approximate surface area is 145 Å². The summed E-state index contributed by atoms with van der Waals surface area (Å²) >= 11 is 0. The molecular weight excluding hydrogens is 317 g/mol. The van der Waals surface area contributed by atoms with Crippen LogP contribution in [0.15, 0.2) is 78.9 Å². The molecule has 0 radical (unpaired) electrons. The molecule has 1 unspecified atom stereocenters. The topological polar surface area (TPSA) is 40.5 Å². The van der Waals surface area contributed by atoms with Gasteiger partial charge in [0.25, 0.3) is 5.91 Å². The number of hydrogen-bond donors (Lipinski definition) is 1. The minimum Gasteiger partial charge on any atom is -0.372 e. The van der Waals surface area contributed by atoms with E-state index in [-0.39, 0.29) is 5.56 Å². The average Bonchev–Trinajstić information content (AvgIpc) is 2.86. The molecule has 1 N–H and O–H groups in total. The third-order valence-corrected chi connectivity index (χ3v) is 4.57. The van der Waals surface area contributed by atoms with Gasteiger partial charge in [0.1, 0.15) is 5.82 Å². The zero-order valence-electron chi connectivity index (χ0n) is 13.4. The Morgan fingerprint density at radius 1 is 0.920 bits per heavy atom. The van der Waals surface area contributed by atoms with Gasteiger partial charge in [-0.05, 0) is 23.8 Å². The number of para-hydroxylation sites is 1. The van der Waals surface area contributed by atoms with E-state index in [0.29, 0.717) is 17.8 Å². The van der Waals surface area contributed by atoms with Crippen molar-refractivity contribution in [3.63, 3.8) is 0 Å². The van der Waals surface area contributed by atoms with E-state index in [1.54, 1.807) is 29.2 Å². The smallest absolute Gasteiger partial charge is 0.268 e. The standard InChI is InChI=1S/C21H16FNO2/c22-17-10-6-9-16(13-17)21(25)18-11-4-5-12-19(18)23(20(21)24)14-15-7-2-1-3-8-15/h1-13,25H,14H2. The molecule has 0 aromatic heterocycles. The molecule has 1 heterocycles. The molecule has 1 amide bonds. The highest BCUT2D eigenvalue weighted by Crippen LogP contribution is 2.44. The van der Waals surface area contributed by atoms with Crippen molar-refractivity contribution in [2.24, 2.45) is 0 Å². The number of hydrogen-bond acceptors (Lipinski definition) is 2. The fourth-order valence-electron chi connectivity index (χ4n) is 3.35. The molecule has 1 atom stereocenters. The maximum atomic E-state index is 13.7. The Kier molecular flexibility index (Phi) is 3.62. The van der Waals surface area contributed by atoms with Crippen LogP contribution in [0.2, 0.25) is 0 Å². The predicted molar refractivity (Wildman–Crippen MR) is 93.5 cm³/mol. The van der Waals surface area contributed by atoms with Crippen molar-refractivity contribution < 1.29 is 14.3 Å². The zero-order chi connectivity index (χ0) is 17.4. The summed E-state index contributed by atoms with van der Waals surface area (Å²) in [6.07, 6.45) is 0. The van der Waals surface area contributed by atoms with Gasteiger partial charge in [-0.25, -0.2) is 4.39 Å². The molecule has 4 heteroatoms. The van der Waals surface area contributed by atoms with Gasteiger partial charge < -0.3 is 10.0 Å². The summed E-state index contributed by atoms with van der Waals surface area (Å²) in [5, 5.41) is 11.3. The SMILES string of the molecule is O=C1N(Cc2ccccc2)c2ccccc2C1(O)c1cccc(F)c1. The van der Waals surface area contributed by atoms with E-state index < -0.39 is 17.3 Å². The van der Waals surface area contributed by atoms with Crippen molar-refractivity contribution in [2.45, 2.75) is 12.1 Å². The molecule has 0 fully saturated rings. The first-order valence-electron chi connectivity index (χ1n) is 8.04. The number of halogens is 1. The van der Waals surface area contributed by atoms with Gasteiger partial charge >= 0.3 is 0 Å². The Bertz CT molecular complexity index is 941. The number of aliphatic hydroxyl groups is 1. The van der Waals surface area contributed by atoms with Gasteiger partial charge in [-0.3, -0.25) is 4.79 Å². The van der Waals surface area contributed by atoms with Crippen LogP contribution in [0.5, 0.6) is 0 Å². The number of nitrogens with zero attached hydrogens (tertiary/aromatic N) is 1. The lowest BCUT2D eigenvalue weighted by molar-refractivity contribution is -0.132. The minimum atomic E-state index is -1.88. The lowest BCUT2D eigenvalue weighted by Crippen LogP contribution is -2.40. The molecule has 0 aliphatic carbocycles. The maximum absolute atomic E-state index is 13.7. The number of benzene rings is 3. The lowest BCUT2D eigenvalue weighted by Gasteiger charge is -2.24. The number of carbonyl (C=O) groups is 1. The molecule has 3 aromatic rings. The van der Waals surface area contributed by atoms with Gasteiger partial charge in [0.05, 0.1) is 12.2 Å². The predicted octanol–water partition coefficient (Wildman–Crippen LogP) is 3.61. The van der Waals surface area contributed by atoms with Crippen molar-refractivity contribution in [3.8, 4) is 0 Å². The number of rotatable bonds is 3. The Morgan fingerprint density at radius 2 is 1.64 bits per heavy atom. The summed E-state index contributed by atoms with van der Waals surface area (Å²) in [6.45, 7) is 0.342. The van der Waals surface area contributed by atoms with Crippen molar-refractivity contribution in [2.75, 3.05) is 4.90 Å². The molecule has 1 aliphatic heterocycles. The average molecular weight is 333 g/mol. The van der Waals surface area contributed by atoms with Crippen LogP contribution in [0.3, 0.4) is 0 Å². The Morgan fingerprint density at radius 3 is 2.40 bits per heavy atom. The quantitative estimate of drug-likeness (QED) is 0.795. The molecule has 0 bridgehead atoms. The maximum Gasteiger partial charge on any atom is 0.268 e. The molecule has 25 heavy (non-hydrogen) atoms. The van der Waals surface area contributed by atoms with Gasteiger partial charge in [0.2, 0.25) is 0 Å². The monoisotopic (exact) mass is 333 g/mol. The van der Waals surface area contributed by atoms with E-state index in [0.717, 1.165) is 5.56 Å². The third-order valence-electron chi connectivity index (χ3n) is 4.57. The van der Waals surface area contributed by atoms with E-state index in [9.17, 15) is 14.3 Å². The van der Waals surface area contributed by atoms with Crippen LogP contribution in [-0.4, -0.2) is 11.0 Å². The molecule has 0 spiro atoms. The van der Waals surface area contributed by atoms with Gasteiger partial charge in [-0.15, -0.1) is 0 Å². The van der Waals surface area contributed by atoms with Crippen LogP contribution < -0.4 is 4.90 Å². The van der Waals surface area contributed by atoms with Gasteiger partial charge in [0, 0.05) is 11.1 Å². The highest BCUT2D eigenvalue weighted by atomic mass is 19.1. The second kappa shape index (κ2) is 5.83. The first-order chi connectivity index (χ1) is 12.1. The van der Waals surface area contributed by atoms with Crippen LogP contribution in [0, 0.1) is 5.82 Å². The molecule has 124 valence electrons. The van der Waals surface area contributed by atoms with Crippen molar-refractivity contribution in [1.82, 2.24) is 0 Å². The number of fused-ring (bicyclic) bond motifs is 1. The fourth-order valence-corrected chi connectivity index (χ4v) is 3.35. The van der Waals surface area contributed by atoms with E-state index in [4.69, 9.17) is 0 Å². The van der Waals surface area contributed by atoms with Crippen molar-refractivity contribution >= 4 is 11.6 Å². The molecule has 0 saturated heterocycles. The molecule has 1 aliphatic rings. The van der Waals surface area contributed by atoms with E-state index >= 15 is 0 Å². The van der Waals surface area contributed by atoms with E-state index in [2.05, 4.69) is 0 Å². The molecule has 4 rings (SSSR count). The van der Waals surface area contributed by atoms with Gasteiger partial charge in [0.15, 0.2) is 5.60 Å². The lowest BCUT2D eigenvalue weighted by atomic mass is 9.87. The van der Waals surface area contributed by atoms with Crippen LogP contribution in [0.4, 0.5) is 10.1 Å². The second-order valence-corrected chi connectivity index (χ2v) is 6.11. The minimum absolute atomic E-state index is 0.237. The molecule has 0 saturated carbocycles. The van der Waals surface area contributed by atoms with Gasteiger partial charge in [-0.2, -0.15) is 0 Å². The molecule has 3 nitrogen and oxygen atoms in total. The second-order valence-electron chi connectivity index (χ2n) is 6.11. The van der Waals surface area contributed by atoms with E-state index in [1.807, 2.05) is 36.4 Å². The third kappa shape index (κ3) is 2.42. The summed E-state index contributed by atoms with van der Waals surface area (Å²) in [4.78, 5) is 14.7. The Hall–Kier alpha value is -2.98. The highest BCUT2D eigenvalue weighted by molar-refractivity contribution is 6.09. The van der Waals surface area contributed by atoms with Gasteiger partial charge in [-0.1, -0.05) is 60.7 Å². The molecule has 3 aromatic carbocycles. The van der Waals surface area contributed by atoms with E-state index in [1.165, 1.54) is 18.2 Å². The zero-order valence-corrected chi connectivity index (χ0v) is 13.4. The number of carbonyl (C=O) groups excluding carboxylic acids is 1. The van der Waals surface area contributed by atoms with Crippen molar-refractivity contribution in [3.05, 3.63) is 101 Å². The van der Waals surface area contributed by atoms with Crippen LogP contribution in [0.1, 0.15) is 16.7 Å². The summed E-state index contributed by atoms with van der Waals surface area (Å²) in [5.41, 5.74) is 0.423. The number of anilines is 1. The van der Waals surface area contributed by atoms with Crippen LogP contribution in [-0.2, 0) is 16.9 Å². The first kappa shape index (κ1) is 15.5. The fraction of sp³-hybridized carbons (Fsp3) is 0.0952. The number of amides is 1. The summed E-state index contributed by atoms with van der Waals surface area (Å²) in [6, 6.07) is 22.2. The summed E-state index contributed by atoms with van der Waals surface area (Å²) < 4.78 is 13.7. The normalized spacial score (nSPS) is 19.1. The summed E-state index contributed by atoms with van der Waals surface area (Å²) in [7, 11) is 0.